The summed E-state index contributed by atoms with van der Waals surface area (Å²) in [5.74, 6) is 0. The van der Waals surface area contributed by atoms with Gasteiger partial charge in [-0.25, -0.2) is 0 Å². The first-order valence-electron chi connectivity index (χ1n) is 0.651. The Labute approximate surface area is 142 Å². The van der Waals surface area contributed by atoms with Crippen LogP contribution in [0.25, 0.3) is 0 Å². The molecule has 0 aromatic heterocycles. The van der Waals surface area contributed by atoms with Gasteiger partial charge in [-0.15, -0.1) is 0 Å². The molecule has 0 heterocycles. The Hall–Kier alpha value is 3.58. The normalized spacial score (nSPS) is 2.67. The molecular weight excluding hydrogens is 315 g/mol. The first kappa shape index (κ1) is 39.0. The predicted octanol–water partition coefficient (Wildman–Crippen LogP) is -4.63. The molecule has 0 aliphatic rings. The number of rotatable bonds is 0. The molecule has 0 saturated heterocycles. The van der Waals surface area contributed by atoms with Crippen molar-refractivity contribution in [2.75, 3.05) is 0 Å². The molecule has 0 bridgehead atoms. The summed E-state index contributed by atoms with van der Waals surface area (Å²) in [6.45, 7) is 0. The van der Waals surface area contributed by atoms with Crippen LogP contribution >= 0.6 is 0 Å². The van der Waals surface area contributed by atoms with E-state index in [0.29, 0.717) is 0 Å². The smallest absolute Gasteiger partial charge is 0 e. The average molecular weight is 324 g/mol. The molecule has 0 rings (SSSR count). The van der Waals surface area contributed by atoms with E-state index >= 15 is 0 Å². The average Bonchev–Trinajstić information content (AvgIpc) is 0.811. The standard InChI is InChI=1S/Al.Ca.Fe.Mg.H2O3Si.Zr.7H/c;;;;1-4(2)3;;;;;;;;/h;;;;1-2H;;;;;;;;. The summed E-state index contributed by atoms with van der Waals surface area (Å²) in [4.78, 5) is 14.3. The zero-order chi connectivity index (χ0) is 3.58. The molecule has 50 valence electrons. The second-order valence-electron chi connectivity index (χ2n) is 0.283. The van der Waals surface area contributed by atoms with Crippen LogP contribution in [0.4, 0.5) is 0 Å². The third-order valence-corrected chi connectivity index (χ3v) is 0. The fraction of sp³-hybridized carbons (Fsp3) is 0. The van der Waals surface area contributed by atoms with Crippen molar-refractivity contribution >= 4 is 87.3 Å². The SMILES string of the molecule is O=[Si](O)O.[AlH3].[CaH2].[Fe].[MgH2].[Zr]. The summed E-state index contributed by atoms with van der Waals surface area (Å²) >= 11 is 0. The molecule has 9 heteroatoms. The molecule has 2 N–H and O–H groups in total. The largest absolute Gasteiger partial charge is 0.316 e. The fourth-order valence-electron chi connectivity index (χ4n) is 0. The summed E-state index contributed by atoms with van der Waals surface area (Å²) in [5, 5.41) is 0. The third kappa shape index (κ3) is 83.0. The quantitative estimate of drug-likeness (QED) is 0.441. The molecule has 9 heavy (non-hydrogen) atoms. The maximum Gasteiger partial charge on any atom is 0.316 e. The van der Waals surface area contributed by atoms with E-state index < -0.39 is 9.17 Å². The van der Waals surface area contributed by atoms with Gasteiger partial charge in [0.25, 0.3) is 0 Å². The van der Waals surface area contributed by atoms with Crippen LogP contribution in [-0.4, -0.2) is 96.9 Å². The minimum atomic E-state index is -3.13. The first-order chi connectivity index (χ1) is 1.73. The van der Waals surface area contributed by atoms with Crippen molar-refractivity contribution in [3.63, 3.8) is 0 Å². The molecule has 0 amide bonds. The summed E-state index contributed by atoms with van der Waals surface area (Å²) in [6.07, 6.45) is 0. The molecule has 3 nitrogen and oxygen atoms in total. The molecule has 0 atom stereocenters. The van der Waals surface area contributed by atoms with Gasteiger partial charge in [-0.2, -0.15) is 0 Å². The van der Waals surface area contributed by atoms with Gasteiger partial charge >= 0.3 is 70.0 Å². The Balaban J connectivity index is -0.00000000450. The zero-order valence-electron chi connectivity index (χ0n) is 2.66. The van der Waals surface area contributed by atoms with Crippen LogP contribution in [0.2, 0.25) is 0 Å². The van der Waals surface area contributed by atoms with E-state index in [0.717, 1.165) is 0 Å². The van der Waals surface area contributed by atoms with Crippen LogP contribution in [0, 0.1) is 0 Å². The molecule has 0 radical (unpaired) electrons. The molecule has 0 aliphatic heterocycles. The third-order valence-electron chi connectivity index (χ3n) is 0. The first-order valence-corrected chi connectivity index (χ1v) is 1.95. The monoisotopic (exact) mass is 322 g/mol. The minimum absolute atomic E-state index is 0. The molecule has 0 fully saturated rings. The molecule has 0 unspecified atom stereocenters. The Morgan fingerprint density at radius 3 is 1.22 bits per heavy atom. The van der Waals surface area contributed by atoms with E-state index in [1.54, 1.807) is 0 Å². The van der Waals surface area contributed by atoms with E-state index in [4.69, 9.17) is 14.1 Å². The molecule has 0 aromatic carbocycles. The Kier molecular flexibility index (Phi) is 130. The van der Waals surface area contributed by atoms with Gasteiger partial charge in [-0.05, 0) is 0 Å². The second-order valence-corrected chi connectivity index (χ2v) is 0.848. The van der Waals surface area contributed by atoms with Gasteiger partial charge in [0.05, 0.1) is 0 Å². The van der Waals surface area contributed by atoms with Crippen LogP contribution in [-0.2, 0) is 47.7 Å². The Morgan fingerprint density at radius 2 is 1.22 bits per heavy atom. The van der Waals surface area contributed by atoms with Crippen LogP contribution in [0.3, 0.4) is 0 Å². The van der Waals surface area contributed by atoms with Gasteiger partial charge in [-0.3, -0.25) is 4.46 Å². The molecule has 0 spiro atoms. The van der Waals surface area contributed by atoms with Crippen molar-refractivity contribution in [3.05, 3.63) is 0 Å². The van der Waals surface area contributed by atoms with Gasteiger partial charge in [0.1, 0.15) is 0 Å². The van der Waals surface area contributed by atoms with Gasteiger partial charge in [0, 0.05) is 43.3 Å². The Bertz CT molecular complexity index is 46.8. The minimum Gasteiger partial charge on any atom is 0 e. The van der Waals surface area contributed by atoms with Gasteiger partial charge < -0.3 is 9.59 Å². The number of hydrogen-bond donors (Lipinski definition) is 2. The number of hydrogen-bond acceptors (Lipinski definition) is 1. The summed E-state index contributed by atoms with van der Waals surface area (Å²) in [7, 11) is -3.13. The molecule has 0 aromatic rings. The molecular formula is H9AlCaFeMgO3SiZr. The summed E-state index contributed by atoms with van der Waals surface area (Å²) < 4.78 is 8.74. The van der Waals surface area contributed by atoms with Crippen LogP contribution in [0.1, 0.15) is 0 Å². The van der Waals surface area contributed by atoms with Crippen molar-refractivity contribution in [2.45, 2.75) is 0 Å². The van der Waals surface area contributed by atoms with E-state index in [1.165, 1.54) is 0 Å². The maximum absolute atomic E-state index is 8.74. The predicted molar refractivity (Wildman–Crippen MR) is 37.9 cm³/mol. The summed E-state index contributed by atoms with van der Waals surface area (Å²) in [5.41, 5.74) is 0. The van der Waals surface area contributed by atoms with Crippen LogP contribution in [0.15, 0.2) is 0 Å². The topological polar surface area (TPSA) is 57.5 Å². The summed E-state index contributed by atoms with van der Waals surface area (Å²) in [6, 6.07) is 0. The maximum atomic E-state index is 8.74. The van der Waals surface area contributed by atoms with Gasteiger partial charge in [0.15, 0.2) is 17.4 Å². The second kappa shape index (κ2) is 29.9. The van der Waals surface area contributed by atoms with Gasteiger partial charge in [0.2, 0.25) is 0 Å². The van der Waals surface area contributed by atoms with Crippen molar-refractivity contribution in [1.29, 1.82) is 0 Å². The Morgan fingerprint density at radius 1 is 1.22 bits per heavy atom. The van der Waals surface area contributed by atoms with Crippen molar-refractivity contribution in [2.24, 2.45) is 0 Å². The molecule has 0 aliphatic carbocycles. The van der Waals surface area contributed by atoms with Gasteiger partial charge in [-0.1, -0.05) is 0 Å². The van der Waals surface area contributed by atoms with E-state index in [1.807, 2.05) is 0 Å². The van der Waals surface area contributed by atoms with E-state index in [2.05, 4.69) is 0 Å². The van der Waals surface area contributed by atoms with Crippen LogP contribution in [0.5, 0.6) is 0 Å². The van der Waals surface area contributed by atoms with E-state index in [9.17, 15) is 0 Å². The van der Waals surface area contributed by atoms with E-state index in [-0.39, 0.29) is 121 Å². The van der Waals surface area contributed by atoms with Crippen LogP contribution < -0.4 is 0 Å². The van der Waals surface area contributed by atoms with Crippen molar-refractivity contribution in [3.8, 4) is 0 Å². The molecule has 0 saturated carbocycles. The van der Waals surface area contributed by atoms with Crippen molar-refractivity contribution < 1.29 is 57.3 Å². The van der Waals surface area contributed by atoms with Crippen molar-refractivity contribution in [1.82, 2.24) is 0 Å². The fourth-order valence-corrected chi connectivity index (χ4v) is 0. The zero-order valence-corrected chi connectivity index (χ0v) is 7.22.